The van der Waals surface area contributed by atoms with Crippen LogP contribution >= 0.6 is 11.8 Å². The number of hydrogen-bond acceptors (Lipinski definition) is 7. The summed E-state index contributed by atoms with van der Waals surface area (Å²) in [7, 11) is -6.51. The lowest BCUT2D eigenvalue weighted by atomic mass is 10.1. The molecule has 11 heteroatoms. The van der Waals surface area contributed by atoms with E-state index in [1.165, 1.54) is 18.0 Å². The van der Waals surface area contributed by atoms with Crippen molar-refractivity contribution in [3.63, 3.8) is 0 Å². The van der Waals surface area contributed by atoms with Gasteiger partial charge in [0.25, 0.3) is 15.9 Å². The topological polar surface area (TPSA) is 113 Å². The van der Waals surface area contributed by atoms with Gasteiger partial charge >= 0.3 is 0 Å². The highest BCUT2D eigenvalue weighted by Crippen LogP contribution is 2.42. The van der Waals surface area contributed by atoms with Crippen LogP contribution in [0.3, 0.4) is 0 Å². The number of carbonyl (C=O) groups is 1. The molecular formula is C19H19N3O5S3. The third-order valence-electron chi connectivity index (χ3n) is 4.64. The van der Waals surface area contributed by atoms with Crippen molar-refractivity contribution in [2.75, 3.05) is 23.5 Å². The third-order valence-corrected chi connectivity index (χ3v) is 7.80. The average molecular weight is 466 g/mol. The summed E-state index contributed by atoms with van der Waals surface area (Å²) in [6.07, 6.45) is 1.19. The number of nitrogens with zero attached hydrogens (tertiary/aromatic N) is 2. The number of fused-ring (bicyclic) bond motifs is 3. The first-order valence-electron chi connectivity index (χ1n) is 9.05. The lowest BCUT2D eigenvalue weighted by Gasteiger charge is -2.22. The Hall–Kier alpha value is -2.37. The van der Waals surface area contributed by atoms with E-state index < -0.39 is 19.9 Å². The summed E-state index contributed by atoms with van der Waals surface area (Å²) < 4.78 is 49.9. The van der Waals surface area contributed by atoms with Gasteiger partial charge in [0.05, 0.1) is 17.2 Å². The van der Waals surface area contributed by atoms with Gasteiger partial charge in [0.2, 0.25) is 0 Å². The predicted molar refractivity (Wildman–Crippen MR) is 117 cm³/mol. The van der Waals surface area contributed by atoms with Gasteiger partial charge in [-0.15, -0.1) is 4.40 Å². The second-order valence-electron chi connectivity index (χ2n) is 7.17. The molecule has 8 nitrogen and oxygen atoms in total. The molecule has 0 spiro atoms. The molecule has 0 radical (unpaired) electrons. The van der Waals surface area contributed by atoms with E-state index in [0.29, 0.717) is 29.4 Å². The number of nitrogens with one attached hydrogen (secondary N) is 1. The number of amides is 1. The summed E-state index contributed by atoms with van der Waals surface area (Å²) in [5, 5.41) is 3.26. The molecule has 2 aromatic carbocycles. The maximum absolute atomic E-state index is 12.6. The number of sulfone groups is 1. The number of rotatable bonds is 5. The van der Waals surface area contributed by atoms with Gasteiger partial charge in [-0.05, 0) is 41.1 Å². The van der Waals surface area contributed by atoms with E-state index in [9.17, 15) is 21.6 Å². The smallest absolute Gasteiger partial charge is 0.257 e. The van der Waals surface area contributed by atoms with Gasteiger partial charge in [-0.2, -0.15) is 0 Å². The molecule has 0 saturated heterocycles. The number of carbonyl (C=O) groups excluding carboxylic acids is 1. The highest BCUT2D eigenvalue weighted by molar-refractivity contribution is 8.15. The number of hydrogen-bond donors (Lipinski definition) is 1. The molecule has 2 aromatic rings. The van der Waals surface area contributed by atoms with Crippen molar-refractivity contribution in [2.24, 2.45) is 4.40 Å². The van der Waals surface area contributed by atoms with E-state index >= 15 is 0 Å². The van der Waals surface area contributed by atoms with Crippen LogP contribution in [0.25, 0.3) is 0 Å². The quantitative estimate of drug-likeness (QED) is 0.716. The molecule has 2 aliphatic rings. The third kappa shape index (κ3) is 4.68. The summed E-state index contributed by atoms with van der Waals surface area (Å²) in [5.41, 5.74) is 2.88. The number of thioether (sulfide) groups is 1. The minimum Gasteiger partial charge on any atom is -0.348 e. The minimum absolute atomic E-state index is 0.0178. The summed E-state index contributed by atoms with van der Waals surface area (Å²) in [6.45, 7) is 0.654. The maximum atomic E-state index is 12.6. The summed E-state index contributed by atoms with van der Waals surface area (Å²) in [5.74, 6) is -0.296. The molecule has 2 heterocycles. The molecule has 0 saturated carbocycles. The molecule has 0 unspecified atom stereocenters. The van der Waals surface area contributed by atoms with E-state index in [0.717, 1.165) is 16.1 Å². The molecular weight excluding hydrogens is 446 g/mol. The van der Waals surface area contributed by atoms with E-state index in [1.54, 1.807) is 42.5 Å². The van der Waals surface area contributed by atoms with E-state index in [1.807, 2.05) is 4.90 Å². The Kier molecular flexibility index (Phi) is 5.37. The maximum Gasteiger partial charge on any atom is 0.257 e. The Morgan fingerprint density at radius 1 is 1.17 bits per heavy atom. The Balaban J connectivity index is 1.42. The standard InChI is InChI=1S/C19H19N3O5S3/c1-29(24,25)12-14-4-2-13(3-5-14)11-20-18(23)15-6-7-16-17(10-15)28-19-21-30(26,27)9-8-22(16)19/h2-7,10H,8-9,11-12H2,1H3,(H,20,23). The first kappa shape index (κ1) is 20.9. The van der Waals surface area contributed by atoms with E-state index in [2.05, 4.69) is 9.71 Å². The van der Waals surface area contributed by atoms with Gasteiger partial charge in [-0.1, -0.05) is 24.3 Å². The predicted octanol–water partition coefficient (Wildman–Crippen LogP) is 1.77. The fourth-order valence-corrected chi connectivity index (χ4v) is 6.31. The summed E-state index contributed by atoms with van der Waals surface area (Å²) in [4.78, 5) is 15.2. The number of amidine groups is 1. The van der Waals surface area contributed by atoms with Crippen molar-refractivity contribution >= 4 is 48.4 Å². The molecule has 0 fully saturated rings. The van der Waals surface area contributed by atoms with Crippen LogP contribution in [-0.4, -0.2) is 46.5 Å². The minimum atomic E-state index is -3.42. The second kappa shape index (κ2) is 7.71. The fourth-order valence-electron chi connectivity index (χ4n) is 3.21. The first-order chi connectivity index (χ1) is 14.1. The van der Waals surface area contributed by atoms with Crippen LogP contribution in [0.4, 0.5) is 5.69 Å². The molecule has 4 rings (SSSR count). The normalized spacial score (nSPS) is 17.1. The van der Waals surface area contributed by atoms with Gasteiger partial charge in [0, 0.05) is 29.8 Å². The van der Waals surface area contributed by atoms with Crippen LogP contribution < -0.4 is 10.2 Å². The van der Waals surface area contributed by atoms with Crippen LogP contribution in [0.15, 0.2) is 51.8 Å². The van der Waals surface area contributed by atoms with Gasteiger partial charge in [-0.3, -0.25) is 4.79 Å². The van der Waals surface area contributed by atoms with Crippen LogP contribution in [0.2, 0.25) is 0 Å². The van der Waals surface area contributed by atoms with Crippen molar-refractivity contribution in [1.29, 1.82) is 0 Å². The van der Waals surface area contributed by atoms with Gasteiger partial charge < -0.3 is 10.2 Å². The van der Waals surface area contributed by atoms with Crippen molar-refractivity contribution < 1.29 is 21.6 Å². The van der Waals surface area contributed by atoms with Crippen LogP contribution in [0.1, 0.15) is 21.5 Å². The zero-order chi connectivity index (χ0) is 21.5. The molecule has 158 valence electrons. The first-order valence-corrected chi connectivity index (χ1v) is 13.5. The van der Waals surface area contributed by atoms with Crippen molar-refractivity contribution in [3.8, 4) is 0 Å². The summed E-state index contributed by atoms with van der Waals surface area (Å²) >= 11 is 1.24. The molecule has 0 aliphatic carbocycles. The van der Waals surface area contributed by atoms with Gasteiger partial charge in [-0.25, -0.2) is 16.8 Å². The Morgan fingerprint density at radius 3 is 2.57 bits per heavy atom. The fraction of sp³-hybridized carbons (Fsp3) is 0.263. The Labute approximate surface area is 179 Å². The number of benzene rings is 2. The molecule has 0 atom stereocenters. The Bertz CT molecular complexity index is 1250. The highest BCUT2D eigenvalue weighted by atomic mass is 32.2. The lowest BCUT2D eigenvalue weighted by Crippen LogP contribution is -2.35. The lowest BCUT2D eigenvalue weighted by molar-refractivity contribution is 0.0950. The largest absolute Gasteiger partial charge is 0.348 e. The van der Waals surface area contributed by atoms with Gasteiger partial charge in [0.1, 0.15) is 0 Å². The molecule has 0 bridgehead atoms. The summed E-state index contributed by atoms with van der Waals surface area (Å²) in [6, 6.07) is 12.3. The van der Waals surface area contributed by atoms with Gasteiger partial charge in [0.15, 0.2) is 15.0 Å². The van der Waals surface area contributed by atoms with Crippen molar-refractivity contribution in [2.45, 2.75) is 17.2 Å². The number of sulfonamides is 1. The monoisotopic (exact) mass is 465 g/mol. The average Bonchev–Trinajstić information content (AvgIpc) is 3.01. The molecule has 1 amide bonds. The molecule has 2 aliphatic heterocycles. The van der Waals surface area contributed by atoms with E-state index in [-0.39, 0.29) is 17.4 Å². The Morgan fingerprint density at radius 2 is 1.87 bits per heavy atom. The van der Waals surface area contributed by atoms with Crippen molar-refractivity contribution in [3.05, 3.63) is 59.2 Å². The molecule has 1 N–H and O–H groups in total. The zero-order valence-corrected chi connectivity index (χ0v) is 18.5. The second-order valence-corrected chi connectivity index (χ2v) is 12.1. The zero-order valence-electron chi connectivity index (χ0n) is 16.0. The van der Waals surface area contributed by atoms with Crippen LogP contribution in [0.5, 0.6) is 0 Å². The number of anilines is 1. The van der Waals surface area contributed by atoms with E-state index in [4.69, 9.17) is 0 Å². The van der Waals surface area contributed by atoms with Crippen LogP contribution in [-0.2, 0) is 32.2 Å². The highest BCUT2D eigenvalue weighted by Gasteiger charge is 2.33. The van der Waals surface area contributed by atoms with Crippen LogP contribution in [0, 0.1) is 0 Å². The molecule has 30 heavy (non-hydrogen) atoms. The molecule has 0 aromatic heterocycles. The SMILES string of the molecule is CS(=O)(=O)Cc1ccc(CNC(=O)c2ccc3c(c2)SC2=NS(=O)(=O)CCN23)cc1. The van der Waals surface area contributed by atoms with Crippen molar-refractivity contribution in [1.82, 2.24) is 5.32 Å².